The molecule has 0 spiro atoms. The van der Waals surface area contributed by atoms with E-state index in [1.54, 1.807) is 0 Å². The number of hydrogen-bond acceptors (Lipinski definition) is 3. The molecule has 7 heteroatoms. The van der Waals surface area contributed by atoms with E-state index in [2.05, 4.69) is 22.9 Å². The molecule has 2 aliphatic rings. The topological polar surface area (TPSA) is 70.2 Å². The molecule has 3 rings (SSSR count). The molecule has 0 aliphatic carbocycles. The van der Waals surface area contributed by atoms with E-state index in [4.69, 9.17) is 0 Å². The highest BCUT2D eigenvalue weighted by Gasteiger charge is 2.37. The van der Waals surface area contributed by atoms with Crippen molar-refractivity contribution in [2.45, 2.75) is 45.3 Å². The van der Waals surface area contributed by atoms with E-state index in [1.165, 1.54) is 6.07 Å². The van der Waals surface area contributed by atoms with Gasteiger partial charge in [-0.1, -0.05) is 11.6 Å². The van der Waals surface area contributed by atoms with Crippen LogP contribution in [0.3, 0.4) is 0 Å². The lowest BCUT2D eigenvalue weighted by molar-refractivity contribution is -0.124. The number of carbonyl (C=O) groups is 2. The molecule has 0 radical (unpaired) electrons. The summed E-state index contributed by atoms with van der Waals surface area (Å²) in [6, 6.07) is 3.66. The highest BCUT2D eigenvalue weighted by atomic mass is 19.1. The van der Waals surface area contributed by atoms with Crippen LogP contribution in [0, 0.1) is 17.6 Å². The molecule has 5 nitrogen and oxygen atoms in total. The number of hydrogen-bond donors (Lipinski definition) is 3. The van der Waals surface area contributed by atoms with Gasteiger partial charge in [0.1, 0.15) is 11.6 Å². The van der Waals surface area contributed by atoms with Crippen molar-refractivity contribution in [3.63, 3.8) is 0 Å². The maximum Gasteiger partial charge on any atom is 0.247 e. The van der Waals surface area contributed by atoms with Crippen LogP contribution < -0.4 is 16.0 Å². The van der Waals surface area contributed by atoms with E-state index in [9.17, 15) is 18.4 Å². The van der Waals surface area contributed by atoms with Crippen molar-refractivity contribution in [1.29, 1.82) is 0 Å². The molecule has 2 amide bonds. The Kier molecular flexibility index (Phi) is 5.36. The molecule has 1 aromatic rings. The SMILES string of the molecule is CC1=C(CC(=O)NCc2ccc(F)cc2F)C(=O)NC2CC(C)NCC12. The van der Waals surface area contributed by atoms with Crippen LogP contribution in [0.4, 0.5) is 8.78 Å². The van der Waals surface area contributed by atoms with E-state index in [0.717, 1.165) is 30.7 Å². The number of fused-ring (bicyclic) bond motifs is 1. The molecule has 0 bridgehead atoms. The zero-order valence-corrected chi connectivity index (χ0v) is 14.9. The van der Waals surface area contributed by atoms with E-state index in [-0.39, 0.29) is 42.3 Å². The number of carbonyl (C=O) groups excluding carboxylic acids is 2. The predicted octanol–water partition coefficient (Wildman–Crippen LogP) is 1.78. The Bertz CT molecular complexity index is 763. The van der Waals surface area contributed by atoms with Crippen LogP contribution in [0.1, 0.15) is 32.3 Å². The van der Waals surface area contributed by atoms with Crippen molar-refractivity contribution in [1.82, 2.24) is 16.0 Å². The summed E-state index contributed by atoms with van der Waals surface area (Å²) in [6.45, 7) is 4.70. The second-order valence-corrected chi connectivity index (χ2v) is 7.08. The van der Waals surface area contributed by atoms with Gasteiger partial charge >= 0.3 is 0 Å². The van der Waals surface area contributed by atoms with Gasteiger partial charge in [-0.05, 0) is 26.3 Å². The van der Waals surface area contributed by atoms with E-state index in [0.29, 0.717) is 11.6 Å². The van der Waals surface area contributed by atoms with Gasteiger partial charge in [-0.15, -0.1) is 0 Å². The minimum Gasteiger partial charge on any atom is -0.352 e. The summed E-state index contributed by atoms with van der Waals surface area (Å²) in [6.07, 6.45) is 0.802. The first-order valence-corrected chi connectivity index (χ1v) is 8.79. The van der Waals surface area contributed by atoms with Crippen molar-refractivity contribution in [3.8, 4) is 0 Å². The largest absolute Gasteiger partial charge is 0.352 e. The molecular formula is C19H23F2N3O2. The molecule has 0 aromatic heterocycles. The molecule has 1 saturated heterocycles. The zero-order valence-electron chi connectivity index (χ0n) is 14.9. The molecule has 1 aromatic carbocycles. The molecule has 2 heterocycles. The third-order valence-corrected chi connectivity index (χ3v) is 5.23. The Morgan fingerprint density at radius 2 is 2.12 bits per heavy atom. The standard InChI is InChI=1S/C19H23F2N3O2/c1-10-5-17-15(9-22-10)11(2)14(19(26)24-17)7-18(25)23-8-12-3-4-13(20)6-16(12)21/h3-4,6,10,15,17,22H,5,7-9H2,1-2H3,(H,23,25)(H,24,26). The lowest BCUT2D eigenvalue weighted by Crippen LogP contribution is -2.56. The summed E-state index contributed by atoms with van der Waals surface area (Å²) >= 11 is 0. The summed E-state index contributed by atoms with van der Waals surface area (Å²) in [7, 11) is 0. The fourth-order valence-electron chi connectivity index (χ4n) is 3.67. The number of benzene rings is 1. The second-order valence-electron chi connectivity index (χ2n) is 7.08. The highest BCUT2D eigenvalue weighted by Crippen LogP contribution is 2.30. The van der Waals surface area contributed by atoms with E-state index in [1.807, 2.05) is 6.92 Å². The molecule has 3 N–H and O–H groups in total. The fraction of sp³-hybridized carbons (Fsp3) is 0.474. The lowest BCUT2D eigenvalue weighted by atomic mass is 9.79. The molecular weight excluding hydrogens is 340 g/mol. The molecule has 1 fully saturated rings. The molecule has 0 saturated carbocycles. The van der Waals surface area contributed by atoms with Gasteiger partial charge in [0, 0.05) is 48.3 Å². The molecule has 2 aliphatic heterocycles. The minimum atomic E-state index is -0.707. The van der Waals surface area contributed by atoms with Crippen LogP contribution in [0.2, 0.25) is 0 Å². The normalized spacial score (nSPS) is 25.5. The summed E-state index contributed by atoms with van der Waals surface area (Å²) in [5.74, 6) is -1.76. The first-order chi connectivity index (χ1) is 12.3. The zero-order chi connectivity index (χ0) is 18.8. The number of amides is 2. The molecule has 140 valence electrons. The Morgan fingerprint density at radius 1 is 1.35 bits per heavy atom. The lowest BCUT2D eigenvalue weighted by Gasteiger charge is -2.40. The summed E-state index contributed by atoms with van der Waals surface area (Å²) in [5.41, 5.74) is 1.60. The smallest absolute Gasteiger partial charge is 0.247 e. The summed E-state index contributed by atoms with van der Waals surface area (Å²) < 4.78 is 26.5. The van der Waals surface area contributed by atoms with Crippen molar-refractivity contribution in [2.24, 2.45) is 5.92 Å². The Balaban J connectivity index is 1.64. The third-order valence-electron chi connectivity index (χ3n) is 5.23. The highest BCUT2D eigenvalue weighted by molar-refractivity contribution is 6.00. The van der Waals surface area contributed by atoms with Gasteiger partial charge in [-0.3, -0.25) is 9.59 Å². The number of rotatable bonds is 4. The van der Waals surface area contributed by atoms with Gasteiger partial charge < -0.3 is 16.0 Å². The Labute approximate surface area is 151 Å². The van der Waals surface area contributed by atoms with Crippen molar-refractivity contribution >= 4 is 11.8 Å². The van der Waals surface area contributed by atoms with Gasteiger partial charge in [0.25, 0.3) is 0 Å². The molecule has 3 unspecified atom stereocenters. The predicted molar refractivity (Wildman–Crippen MR) is 93.0 cm³/mol. The number of halogens is 2. The number of nitrogens with one attached hydrogen (secondary N) is 3. The van der Waals surface area contributed by atoms with Crippen LogP contribution in [0.25, 0.3) is 0 Å². The summed E-state index contributed by atoms with van der Waals surface area (Å²) in [5, 5.41) is 9.00. The van der Waals surface area contributed by atoms with Gasteiger partial charge in [-0.25, -0.2) is 8.78 Å². The van der Waals surface area contributed by atoms with Gasteiger partial charge in [-0.2, -0.15) is 0 Å². The molecule has 3 atom stereocenters. The third kappa shape index (κ3) is 3.93. The first kappa shape index (κ1) is 18.5. The van der Waals surface area contributed by atoms with Crippen molar-refractivity contribution in [2.75, 3.05) is 6.54 Å². The van der Waals surface area contributed by atoms with E-state index >= 15 is 0 Å². The minimum absolute atomic E-state index is 0.0516. The van der Waals surface area contributed by atoms with Crippen LogP contribution in [0.5, 0.6) is 0 Å². The summed E-state index contributed by atoms with van der Waals surface area (Å²) in [4.78, 5) is 24.6. The Hall–Kier alpha value is -2.28. The molecule has 26 heavy (non-hydrogen) atoms. The van der Waals surface area contributed by atoms with Crippen molar-refractivity contribution in [3.05, 3.63) is 46.5 Å². The first-order valence-electron chi connectivity index (χ1n) is 8.79. The van der Waals surface area contributed by atoms with Crippen molar-refractivity contribution < 1.29 is 18.4 Å². The van der Waals surface area contributed by atoms with Gasteiger partial charge in [0.2, 0.25) is 11.8 Å². The maximum atomic E-state index is 13.6. The van der Waals surface area contributed by atoms with Crippen LogP contribution in [-0.4, -0.2) is 30.4 Å². The van der Waals surface area contributed by atoms with Gasteiger partial charge in [0.15, 0.2) is 0 Å². The van der Waals surface area contributed by atoms with Crippen LogP contribution in [-0.2, 0) is 16.1 Å². The quantitative estimate of drug-likeness (QED) is 0.764. The van der Waals surface area contributed by atoms with Crippen LogP contribution >= 0.6 is 0 Å². The average molecular weight is 363 g/mol. The monoisotopic (exact) mass is 363 g/mol. The second kappa shape index (κ2) is 7.53. The fourth-order valence-corrected chi connectivity index (χ4v) is 3.67. The average Bonchev–Trinajstić information content (AvgIpc) is 2.57. The van der Waals surface area contributed by atoms with E-state index < -0.39 is 11.6 Å². The Morgan fingerprint density at radius 3 is 2.85 bits per heavy atom. The maximum absolute atomic E-state index is 13.6. The van der Waals surface area contributed by atoms with Gasteiger partial charge in [0.05, 0.1) is 6.42 Å². The van der Waals surface area contributed by atoms with Crippen LogP contribution in [0.15, 0.2) is 29.3 Å². The number of piperidine rings is 1.